The standard InChI is InChI=1S/C19H29N3O5/c1-6-13(2)18(19(25)27-5)21-17(24)12-22(3)11-16(23)20-14-8-7-9-15(10-14)26-4/h7-10,13,18H,6,11-12H2,1-5H3,(H,20,23)(H,21,24)/p+1/t13-,18+/m0/s1. The maximum atomic E-state index is 12.2. The van der Waals surface area contributed by atoms with E-state index in [4.69, 9.17) is 9.47 Å². The molecule has 0 heterocycles. The molecule has 0 radical (unpaired) electrons. The van der Waals surface area contributed by atoms with Crippen LogP contribution in [0.5, 0.6) is 5.75 Å². The average molecular weight is 380 g/mol. The van der Waals surface area contributed by atoms with E-state index in [-0.39, 0.29) is 30.8 Å². The molecule has 2 amide bonds. The summed E-state index contributed by atoms with van der Waals surface area (Å²) in [5.41, 5.74) is 0.624. The van der Waals surface area contributed by atoms with Gasteiger partial charge in [0.2, 0.25) is 0 Å². The van der Waals surface area contributed by atoms with Crippen LogP contribution in [0.1, 0.15) is 20.3 Å². The highest BCUT2D eigenvalue weighted by atomic mass is 16.5. The van der Waals surface area contributed by atoms with E-state index in [2.05, 4.69) is 10.6 Å². The molecule has 0 aromatic heterocycles. The van der Waals surface area contributed by atoms with E-state index in [9.17, 15) is 14.4 Å². The molecule has 0 spiro atoms. The number of ether oxygens (including phenoxy) is 2. The Balaban J connectivity index is 2.54. The van der Waals surface area contributed by atoms with E-state index >= 15 is 0 Å². The minimum Gasteiger partial charge on any atom is -0.497 e. The molecule has 1 rings (SSSR count). The predicted molar refractivity (Wildman–Crippen MR) is 102 cm³/mol. The zero-order valence-electron chi connectivity index (χ0n) is 16.6. The number of carbonyl (C=O) groups excluding carboxylic acids is 3. The Kier molecular flexibility index (Phi) is 9.29. The molecule has 1 unspecified atom stereocenters. The van der Waals surface area contributed by atoms with E-state index in [0.717, 1.165) is 6.42 Å². The Morgan fingerprint density at radius 2 is 1.81 bits per heavy atom. The fraction of sp³-hybridized carbons (Fsp3) is 0.526. The Labute approximate surface area is 160 Å². The molecule has 27 heavy (non-hydrogen) atoms. The van der Waals surface area contributed by atoms with E-state index in [1.54, 1.807) is 38.4 Å². The second-order valence-electron chi connectivity index (χ2n) is 6.54. The number of benzene rings is 1. The summed E-state index contributed by atoms with van der Waals surface area (Å²) in [6, 6.07) is 6.35. The molecule has 0 aliphatic carbocycles. The van der Waals surface area contributed by atoms with E-state index in [1.165, 1.54) is 7.11 Å². The SMILES string of the molecule is CC[C@H](C)[C@@H](NC(=O)C[NH+](C)CC(=O)Nc1cccc(OC)c1)C(=O)OC. The summed E-state index contributed by atoms with van der Waals surface area (Å²) in [7, 11) is 4.59. The highest BCUT2D eigenvalue weighted by molar-refractivity contribution is 5.92. The highest BCUT2D eigenvalue weighted by Crippen LogP contribution is 2.16. The molecule has 8 nitrogen and oxygen atoms in total. The highest BCUT2D eigenvalue weighted by Gasteiger charge is 2.27. The van der Waals surface area contributed by atoms with Crippen molar-refractivity contribution in [1.29, 1.82) is 0 Å². The van der Waals surface area contributed by atoms with Gasteiger partial charge in [0.25, 0.3) is 11.8 Å². The van der Waals surface area contributed by atoms with Gasteiger partial charge in [-0.25, -0.2) is 4.79 Å². The van der Waals surface area contributed by atoms with E-state index in [1.807, 2.05) is 13.8 Å². The number of esters is 1. The Morgan fingerprint density at radius 1 is 1.15 bits per heavy atom. The summed E-state index contributed by atoms with van der Waals surface area (Å²) in [5, 5.41) is 5.48. The smallest absolute Gasteiger partial charge is 0.328 e. The lowest BCUT2D eigenvalue weighted by Crippen LogP contribution is -3.11. The number of hydrogen-bond acceptors (Lipinski definition) is 5. The maximum absolute atomic E-state index is 12.2. The van der Waals surface area contributed by atoms with Gasteiger partial charge in [-0.1, -0.05) is 26.3 Å². The molecule has 0 aliphatic rings. The zero-order chi connectivity index (χ0) is 20.4. The van der Waals surface area contributed by atoms with Gasteiger partial charge in [0.15, 0.2) is 13.1 Å². The third kappa shape index (κ3) is 7.65. The number of amides is 2. The molecule has 3 atom stereocenters. The first kappa shape index (κ1) is 22.4. The predicted octanol–water partition coefficient (Wildman–Crippen LogP) is -0.148. The molecule has 1 aromatic rings. The van der Waals surface area contributed by atoms with Gasteiger partial charge in [0.1, 0.15) is 11.8 Å². The van der Waals surface area contributed by atoms with Crippen molar-refractivity contribution in [2.24, 2.45) is 5.92 Å². The van der Waals surface area contributed by atoms with Crippen LogP contribution in [0.25, 0.3) is 0 Å². The molecular formula is C19H30N3O5+. The van der Waals surface area contributed by atoms with Crippen molar-refractivity contribution in [1.82, 2.24) is 5.32 Å². The number of hydrogen-bond donors (Lipinski definition) is 3. The van der Waals surface area contributed by atoms with Crippen LogP contribution in [0.4, 0.5) is 5.69 Å². The average Bonchev–Trinajstić information content (AvgIpc) is 2.64. The lowest BCUT2D eigenvalue weighted by molar-refractivity contribution is -0.862. The Hall–Kier alpha value is -2.61. The van der Waals surface area contributed by atoms with Crippen LogP contribution < -0.4 is 20.3 Å². The van der Waals surface area contributed by atoms with Crippen molar-refractivity contribution in [3.8, 4) is 5.75 Å². The van der Waals surface area contributed by atoms with Gasteiger partial charge in [-0.2, -0.15) is 0 Å². The van der Waals surface area contributed by atoms with Crippen molar-refractivity contribution < 1.29 is 28.8 Å². The molecule has 150 valence electrons. The fourth-order valence-corrected chi connectivity index (χ4v) is 2.54. The molecule has 0 fully saturated rings. The minimum absolute atomic E-state index is 0.0435. The number of rotatable bonds is 10. The number of nitrogens with one attached hydrogen (secondary N) is 3. The van der Waals surface area contributed by atoms with Crippen LogP contribution in [0.3, 0.4) is 0 Å². The van der Waals surface area contributed by atoms with Crippen LogP contribution in [0, 0.1) is 5.92 Å². The van der Waals surface area contributed by atoms with Gasteiger partial charge in [0.05, 0.1) is 21.3 Å². The zero-order valence-corrected chi connectivity index (χ0v) is 16.6. The van der Waals surface area contributed by atoms with Crippen LogP contribution in [0.15, 0.2) is 24.3 Å². The topological polar surface area (TPSA) is 98.2 Å². The summed E-state index contributed by atoms with van der Waals surface area (Å²) in [4.78, 5) is 36.9. The molecule has 1 aromatic carbocycles. The van der Waals surface area contributed by atoms with Crippen LogP contribution >= 0.6 is 0 Å². The van der Waals surface area contributed by atoms with Gasteiger partial charge in [0, 0.05) is 11.8 Å². The van der Waals surface area contributed by atoms with Crippen molar-refractivity contribution in [2.75, 3.05) is 39.7 Å². The molecule has 0 aliphatic heterocycles. The lowest BCUT2D eigenvalue weighted by atomic mass is 9.99. The van der Waals surface area contributed by atoms with Gasteiger partial charge in [-0.15, -0.1) is 0 Å². The number of methoxy groups -OCH3 is 2. The van der Waals surface area contributed by atoms with Crippen LogP contribution in [-0.2, 0) is 19.1 Å². The first-order valence-electron chi connectivity index (χ1n) is 8.93. The first-order valence-corrected chi connectivity index (χ1v) is 8.93. The maximum Gasteiger partial charge on any atom is 0.328 e. The van der Waals surface area contributed by atoms with Crippen molar-refractivity contribution in [3.63, 3.8) is 0 Å². The molecule has 0 bridgehead atoms. The monoisotopic (exact) mass is 380 g/mol. The van der Waals surface area contributed by atoms with Crippen LogP contribution in [0.2, 0.25) is 0 Å². The summed E-state index contributed by atoms with van der Waals surface area (Å²) in [6.07, 6.45) is 0.728. The number of carbonyl (C=O) groups is 3. The lowest BCUT2D eigenvalue weighted by Gasteiger charge is -2.22. The second-order valence-corrected chi connectivity index (χ2v) is 6.54. The quantitative estimate of drug-likeness (QED) is 0.491. The summed E-state index contributed by atoms with van der Waals surface area (Å²) in [6.45, 7) is 3.99. The first-order chi connectivity index (χ1) is 12.8. The molecule has 0 saturated heterocycles. The third-order valence-electron chi connectivity index (χ3n) is 4.26. The molecule has 8 heteroatoms. The Bertz CT molecular complexity index is 650. The number of anilines is 1. The minimum atomic E-state index is -0.689. The molecule has 3 N–H and O–H groups in total. The number of quaternary nitrogens is 1. The van der Waals surface area contributed by atoms with Crippen LogP contribution in [-0.4, -0.2) is 58.2 Å². The summed E-state index contributed by atoms with van der Waals surface area (Å²) in [5.74, 6) is -0.395. The fourth-order valence-electron chi connectivity index (χ4n) is 2.54. The van der Waals surface area contributed by atoms with E-state index < -0.39 is 12.0 Å². The van der Waals surface area contributed by atoms with Gasteiger partial charge >= 0.3 is 5.97 Å². The van der Waals surface area contributed by atoms with Crippen molar-refractivity contribution in [2.45, 2.75) is 26.3 Å². The molecule has 0 saturated carbocycles. The number of likely N-dealkylation sites (N-methyl/N-ethyl adjacent to an activating group) is 1. The normalized spacial score (nSPS) is 13.8. The van der Waals surface area contributed by atoms with Crippen molar-refractivity contribution in [3.05, 3.63) is 24.3 Å². The Morgan fingerprint density at radius 3 is 2.41 bits per heavy atom. The second kappa shape index (κ2) is 11.2. The molecular weight excluding hydrogens is 350 g/mol. The largest absolute Gasteiger partial charge is 0.497 e. The summed E-state index contributed by atoms with van der Waals surface area (Å²) >= 11 is 0. The summed E-state index contributed by atoms with van der Waals surface area (Å²) < 4.78 is 9.87. The van der Waals surface area contributed by atoms with Crippen molar-refractivity contribution >= 4 is 23.5 Å². The van der Waals surface area contributed by atoms with E-state index in [0.29, 0.717) is 16.3 Å². The van der Waals surface area contributed by atoms with Gasteiger partial charge in [-0.05, 0) is 18.1 Å². The van der Waals surface area contributed by atoms with Gasteiger partial charge in [-0.3, -0.25) is 9.59 Å². The third-order valence-corrected chi connectivity index (χ3v) is 4.26. The van der Waals surface area contributed by atoms with Gasteiger partial charge < -0.3 is 25.0 Å².